The summed E-state index contributed by atoms with van der Waals surface area (Å²) in [7, 11) is 0. The molecule has 2 N–H and O–H groups in total. The van der Waals surface area contributed by atoms with Crippen molar-refractivity contribution in [2.24, 2.45) is 11.8 Å². The average molecular weight is 259 g/mol. The molecular formula is C10H15NNa2O4. The molecule has 1 saturated heterocycles. The molecule has 0 spiro atoms. The van der Waals surface area contributed by atoms with Crippen molar-refractivity contribution in [3.8, 4) is 0 Å². The van der Waals surface area contributed by atoms with Gasteiger partial charge in [-0.2, -0.15) is 0 Å². The van der Waals surface area contributed by atoms with Gasteiger partial charge in [-0.05, 0) is 18.9 Å². The van der Waals surface area contributed by atoms with Gasteiger partial charge in [-0.15, -0.1) is 0 Å². The Labute approximate surface area is 144 Å². The zero-order chi connectivity index (χ0) is 11.3. The number of aliphatic hydroxyl groups is 1. The van der Waals surface area contributed by atoms with Gasteiger partial charge in [0.05, 0.1) is 18.1 Å². The van der Waals surface area contributed by atoms with Crippen LogP contribution >= 0.6 is 0 Å². The van der Waals surface area contributed by atoms with Crippen LogP contribution in [0.15, 0.2) is 11.8 Å². The summed E-state index contributed by atoms with van der Waals surface area (Å²) < 4.78 is 0. The molecular weight excluding hydrogens is 244 g/mol. The van der Waals surface area contributed by atoms with Crippen molar-refractivity contribution in [3.05, 3.63) is 11.8 Å². The van der Waals surface area contributed by atoms with E-state index in [0.717, 1.165) is 0 Å². The van der Waals surface area contributed by atoms with Crippen molar-refractivity contribution >= 4 is 71.0 Å². The zero-order valence-electron chi connectivity index (χ0n) is 8.54. The number of hydrogen-bond donors (Lipinski definition) is 2. The standard InChI is InChI=1S/C10H13NO4.2Na.2H/c1-4-3-6(10(14)15)11-8(4)7(5(2)12)9(11)13;;;;/h3-5,7-8,12H,1-2H3,(H,14,15);;;;. The maximum atomic E-state index is 11.6. The average Bonchev–Trinajstić information content (AvgIpc) is 2.38. The second kappa shape index (κ2) is 6.19. The van der Waals surface area contributed by atoms with Gasteiger partial charge in [-0.25, -0.2) is 4.79 Å². The van der Waals surface area contributed by atoms with E-state index < -0.39 is 18.0 Å². The van der Waals surface area contributed by atoms with Crippen LogP contribution in [0.2, 0.25) is 0 Å². The van der Waals surface area contributed by atoms with Gasteiger partial charge in [-0.3, -0.25) is 4.79 Å². The molecule has 0 aromatic rings. The Morgan fingerprint density at radius 1 is 1.47 bits per heavy atom. The molecule has 2 rings (SSSR count). The van der Waals surface area contributed by atoms with Gasteiger partial charge in [0.15, 0.2) is 0 Å². The number of carboxylic acid groups (broad SMARTS) is 1. The second-order valence-electron chi connectivity index (χ2n) is 4.18. The van der Waals surface area contributed by atoms with Crippen LogP contribution in [-0.2, 0) is 9.59 Å². The number of nitrogens with zero attached hydrogens (tertiary/aromatic N) is 1. The third-order valence-corrected chi connectivity index (χ3v) is 3.15. The second-order valence-corrected chi connectivity index (χ2v) is 4.18. The van der Waals surface area contributed by atoms with Crippen LogP contribution in [0.5, 0.6) is 0 Å². The number of aliphatic hydroxyl groups excluding tert-OH is 1. The number of fused-ring (bicyclic) bond motifs is 1. The predicted molar refractivity (Wildman–Crippen MR) is 65.0 cm³/mol. The minimum absolute atomic E-state index is 0. The van der Waals surface area contributed by atoms with Gasteiger partial charge in [-0.1, -0.05) is 6.92 Å². The SMILES string of the molecule is CC(O)C1C(=O)N2C(C(=O)O)=CC(C)C12.[NaH].[NaH]. The van der Waals surface area contributed by atoms with E-state index in [-0.39, 0.29) is 82.7 Å². The van der Waals surface area contributed by atoms with Gasteiger partial charge in [0, 0.05) is 0 Å². The summed E-state index contributed by atoms with van der Waals surface area (Å²) in [5.41, 5.74) is 0.0504. The zero-order valence-corrected chi connectivity index (χ0v) is 8.54. The van der Waals surface area contributed by atoms with Crippen LogP contribution in [0.4, 0.5) is 0 Å². The van der Waals surface area contributed by atoms with Gasteiger partial charge >= 0.3 is 65.1 Å². The molecule has 0 aliphatic carbocycles. The van der Waals surface area contributed by atoms with Crippen LogP contribution in [0.3, 0.4) is 0 Å². The number of carbonyl (C=O) groups is 2. The molecule has 1 amide bonds. The molecule has 17 heavy (non-hydrogen) atoms. The van der Waals surface area contributed by atoms with Gasteiger partial charge < -0.3 is 15.1 Å². The number of β-lactam (4-membered cyclic amide) rings is 1. The monoisotopic (exact) mass is 259 g/mol. The van der Waals surface area contributed by atoms with Crippen LogP contribution in [0.1, 0.15) is 13.8 Å². The Morgan fingerprint density at radius 2 is 2.00 bits per heavy atom. The Balaban J connectivity index is 0.00000128. The van der Waals surface area contributed by atoms with Crippen molar-refractivity contribution in [2.45, 2.75) is 26.0 Å². The molecule has 7 heteroatoms. The van der Waals surface area contributed by atoms with Gasteiger partial charge in [0.2, 0.25) is 5.91 Å². The van der Waals surface area contributed by atoms with Crippen LogP contribution in [0, 0.1) is 11.8 Å². The molecule has 0 radical (unpaired) electrons. The predicted octanol–water partition coefficient (Wildman–Crippen LogP) is -1.48. The van der Waals surface area contributed by atoms with Gasteiger partial charge in [0.1, 0.15) is 5.70 Å². The molecule has 0 aromatic heterocycles. The van der Waals surface area contributed by atoms with Crippen LogP contribution in [0.25, 0.3) is 0 Å². The van der Waals surface area contributed by atoms with Crippen LogP contribution in [-0.4, -0.2) is 98.2 Å². The summed E-state index contributed by atoms with van der Waals surface area (Å²) in [4.78, 5) is 23.7. The molecule has 0 saturated carbocycles. The number of rotatable bonds is 2. The molecule has 4 atom stereocenters. The number of amides is 1. The molecule has 86 valence electrons. The number of carbonyl (C=O) groups excluding carboxylic acids is 1. The Kier molecular flexibility index (Phi) is 6.42. The first kappa shape index (κ1) is 17.6. The fourth-order valence-corrected chi connectivity index (χ4v) is 2.47. The normalized spacial score (nSPS) is 31.5. The van der Waals surface area contributed by atoms with Crippen molar-refractivity contribution in [2.75, 3.05) is 0 Å². The Morgan fingerprint density at radius 3 is 2.41 bits per heavy atom. The maximum absolute atomic E-state index is 11.6. The number of aliphatic carboxylic acids is 1. The van der Waals surface area contributed by atoms with Crippen molar-refractivity contribution in [1.29, 1.82) is 0 Å². The van der Waals surface area contributed by atoms with E-state index in [1.54, 1.807) is 13.0 Å². The quantitative estimate of drug-likeness (QED) is 0.468. The first-order valence-electron chi connectivity index (χ1n) is 4.91. The summed E-state index contributed by atoms with van der Waals surface area (Å²) in [6.07, 6.45) is 0.857. The van der Waals surface area contributed by atoms with E-state index in [1.165, 1.54) is 4.90 Å². The van der Waals surface area contributed by atoms with Crippen molar-refractivity contribution < 1.29 is 19.8 Å². The van der Waals surface area contributed by atoms with Crippen molar-refractivity contribution in [1.82, 2.24) is 4.90 Å². The van der Waals surface area contributed by atoms with E-state index in [4.69, 9.17) is 5.11 Å². The molecule has 4 unspecified atom stereocenters. The summed E-state index contributed by atoms with van der Waals surface area (Å²) in [6, 6.07) is -0.177. The molecule has 0 bridgehead atoms. The van der Waals surface area contributed by atoms with E-state index in [1.807, 2.05) is 6.92 Å². The van der Waals surface area contributed by atoms with Crippen molar-refractivity contribution in [3.63, 3.8) is 0 Å². The van der Waals surface area contributed by atoms with E-state index >= 15 is 0 Å². The molecule has 2 heterocycles. The fraction of sp³-hybridized carbons (Fsp3) is 0.600. The third-order valence-electron chi connectivity index (χ3n) is 3.15. The summed E-state index contributed by atoms with van der Waals surface area (Å²) in [6.45, 7) is 3.42. The summed E-state index contributed by atoms with van der Waals surface area (Å²) in [5.74, 6) is -1.82. The molecule has 5 nitrogen and oxygen atoms in total. The first-order chi connectivity index (χ1) is 6.95. The molecule has 2 aliphatic rings. The third kappa shape index (κ3) is 2.66. The number of hydrogen-bond acceptors (Lipinski definition) is 3. The summed E-state index contributed by atoms with van der Waals surface area (Å²) >= 11 is 0. The minimum atomic E-state index is -1.08. The van der Waals surface area contributed by atoms with E-state index in [2.05, 4.69) is 0 Å². The molecule has 0 aromatic carbocycles. The summed E-state index contributed by atoms with van der Waals surface area (Å²) in [5, 5.41) is 18.3. The Bertz CT molecular complexity index is 369. The first-order valence-corrected chi connectivity index (χ1v) is 4.91. The molecule has 2 aliphatic heterocycles. The Hall–Kier alpha value is 0.640. The van der Waals surface area contributed by atoms with Crippen LogP contribution < -0.4 is 0 Å². The topological polar surface area (TPSA) is 77.8 Å². The van der Waals surface area contributed by atoms with Gasteiger partial charge in [0.25, 0.3) is 0 Å². The molecule has 1 fully saturated rings. The number of carboxylic acids is 1. The van der Waals surface area contributed by atoms with E-state index in [0.29, 0.717) is 0 Å². The van der Waals surface area contributed by atoms with E-state index in [9.17, 15) is 14.7 Å². The fourth-order valence-electron chi connectivity index (χ4n) is 2.47.